The predicted molar refractivity (Wildman–Crippen MR) is 75.0 cm³/mol. The second kappa shape index (κ2) is 5.50. The molecule has 0 saturated heterocycles. The van der Waals surface area contributed by atoms with E-state index in [1.807, 2.05) is 6.92 Å². The van der Waals surface area contributed by atoms with Crippen LogP contribution in [0.1, 0.15) is 37.0 Å². The third kappa shape index (κ3) is 3.27. The highest BCUT2D eigenvalue weighted by Crippen LogP contribution is 2.21. The highest BCUT2D eigenvalue weighted by atomic mass is 16.4. The lowest BCUT2D eigenvalue weighted by molar-refractivity contribution is 0.0631. The van der Waals surface area contributed by atoms with Gasteiger partial charge in [0.2, 0.25) is 0 Å². The Bertz CT molecular complexity index is 619. The van der Waals surface area contributed by atoms with Crippen molar-refractivity contribution in [3.05, 3.63) is 23.8 Å². The van der Waals surface area contributed by atoms with Gasteiger partial charge in [0, 0.05) is 6.54 Å². The molecule has 0 aliphatic heterocycles. The number of benzene rings is 1. The number of nitrogens with one attached hydrogen (secondary N) is 1. The van der Waals surface area contributed by atoms with Crippen LogP contribution in [0.15, 0.2) is 22.6 Å². The molecule has 0 aliphatic rings. The van der Waals surface area contributed by atoms with E-state index in [0.717, 1.165) is 6.42 Å². The molecule has 0 amide bonds. The van der Waals surface area contributed by atoms with Crippen LogP contribution in [-0.2, 0) is 0 Å². The van der Waals surface area contributed by atoms with Gasteiger partial charge in [0.05, 0.1) is 11.2 Å². The molecule has 20 heavy (non-hydrogen) atoms. The number of carbonyl (C=O) groups is 1. The third-order valence-corrected chi connectivity index (χ3v) is 3.04. The second-order valence-corrected chi connectivity index (χ2v) is 5.11. The molecule has 6 nitrogen and oxygen atoms in total. The van der Waals surface area contributed by atoms with Crippen molar-refractivity contribution in [3.8, 4) is 0 Å². The molecule has 0 bridgehead atoms. The van der Waals surface area contributed by atoms with E-state index in [-0.39, 0.29) is 11.6 Å². The number of hydrogen-bond donors (Lipinski definition) is 3. The molecular formula is C14H18N2O4. The van der Waals surface area contributed by atoms with E-state index in [2.05, 4.69) is 10.3 Å². The molecule has 0 spiro atoms. The van der Waals surface area contributed by atoms with Crippen LogP contribution in [0.5, 0.6) is 0 Å². The predicted octanol–water partition coefficient (Wildman–Crippen LogP) is 2.49. The van der Waals surface area contributed by atoms with Crippen LogP contribution in [0.2, 0.25) is 0 Å². The van der Waals surface area contributed by atoms with E-state index >= 15 is 0 Å². The Balaban J connectivity index is 2.14. The van der Waals surface area contributed by atoms with Gasteiger partial charge in [0.15, 0.2) is 5.58 Å². The van der Waals surface area contributed by atoms with Crippen LogP contribution in [0, 0.1) is 0 Å². The maximum atomic E-state index is 10.9. The van der Waals surface area contributed by atoms with Crippen molar-refractivity contribution < 1.29 is 19.4 Å². The van der Waals surface area contributed by atoms with E-state index in [1.54, 1.807) is 13.0 Å². The minimum absolute atomic E-state index is 0.151. The molecule has 1 unspecified atom stereocenters. The van der Waals surface area contributed by atoms with Gasteiger partial charge in [-0.25, -0.2) is 4.79 Å². The normalized spacial score (nSPS) is 14.2. The maximum Gasteiger partial charge on any atom is 0.335 e. The average molecular weight is 278 g/mol. The molecule has 3 N–H and O–H groups in total. The van der Waals surface area contributed by atoms with E-state index in [0.29, 0.717) is 24.1 Å². The number of aliphatic hydroxyl groups is 1. The van der Waals surface area contributed by atoms with Crippen molar-refractivity contribution in [2.75, 3.05) is 11.9 Å². The number of oxazole rings is 1. The van der Waals surface area contributed by atoms with E-state index in [9.17, 15) is 9.90 Å². The molecule has 1 aromatic heterocycles. The van der Waals surface area contributed by atoms with Gasteiger partial charge >= 0.3 is 5.97 Å². The Hall–Kier alpha value is -2.08. The van der Waals surface area contributed by atoms with E-state index in [4.69, 9.17) is 9.52 Å². The van der Waals surface area contributed by atoms with E-state index < -0.39 is 11.6 Å². The smallest absolute Gasteiger partial charge is 0.335 e. The maximum absolute atomic E-state index is 10.9. The van der Waals surface area contributed by atoms with Crippen LogP contribution < -0.4 is 5.32 Å². The van der Waals surface area contributed by atoms with Crippen LogP contribution >= 0.6 is 0 Å². The summed E-state index contributed by atoms with van der Waals surface area (Å²) in [5.74, 6) is -1.01. The van der Waals surface area contributed by atoms with Gasteiger partial charge in [0.25, 0.3) is 6.01 Å². The summed E-state index contributed by atoms with van der Waals surface area (Å²) in [7, 11) is 0. The summed E-state index contributed by atoms with van der Waals surface area (Å²) in [6, 6.07) is 4.78. The van der Waals surface area contributed by atoms with E-state index in [1.165, 1.54) is 12.1 Å². The van der Waals surface area contributed by atoms with Gasteiger partial charge in [-0.05, 0) is 31.5 Å². The van der Waals surface area contributed by atoms with Gasteiger partial charge in [-0.15, -0.1) is 0 Å². The second-order valence-electron chi connectivity index (χ2n) is 5.11. The number of carboxylic acid groups (broad SMARTS) is 1. The monoisotopic (exact) mass is 278 g/mol. The Labute approximate surface area is 116 Å². The number of carboxylic acids is 1. The number of nitrogens with zero attached hydrogens (tertiary/aromatic N) is 1. The molecule has 0 aliphatic carbocycles. The lowest BCUT2D eigenvalue weighted by Crippen LogP contribution is -2.33. The Kier molecular flexibility index (Phi) is 3.94. The van der Waals surface area contributed by atoms with Gasteiger partial charge in [0.1, 0.15) is 5.52 Å². The van der Waals surface area contributed by atoms with Gasteiger partial charge < -0.3 is 19.9 Å². The first-order chi connectivity index (χ1) is 9.41. The SMILES string of the molecule is CCCC(C)(O)CNc1nc2ccc(C(=O)O)cc2o1. The fourth-order valence-corrected chi connectivity index (χ4v) is 2.03. The van der Waals surface area contributed by atoms with Crippen molar-refractivity contribution in [3.63, 3.8) is 0 Å². The summed E-state index contributed by atoms with van der Waals surface area (Å²) in [6.45, 7) is 4.06. The zero-order chi connectivity index (χ0) is 14.8. The highest BCUT2D eigenvalue weighted by molar-refractivity contribution is 5.92. The van der Waals surface area contributed by atoms with Gasteiger partial charge in [-0.1, -0.05) is 13.3 Å². The number of aromatic carboxylic acids is 1. The average Bonchev–Trinajstić information content (AvgIpc) is 2.78. The van der Waals surface area contributed by atoms with Crippen molar-refractivity contribution in [1.82, 2.24) is 4.98 Å². The Morgan fingerprint density at radius 1 is 1.50 bits per heavy atom. The first kappa shape index (κ1) is 14.3. The molecule has 6 heteroatoms. The molecule has 1 atom stereocenters. The van der Waals surface area contributed by atoms with Crippen molar-refractivity contribution in [2.45, 2.75) is 32.3 Å². The fourth-order valence-electron chi connectivity index (χ4n) is 2.03. The zero-order valence-corrected chi connectivity index (χ0v) is 11.5. The van der Waals surface area contributed by atoms with Gasteiger partial charge in [-0.3, -0.25) is 0 Å². The van der Waals surface area contributed by atoms with Crippen molar-refractivity contribution in [2.24, 2.45) is 0 Å². The number of rotatable bonds is 6. The van der Waals surface area contributed by atoms with Crippen LogP contribution in [-0.4, -0.2) is 33.3 Å². The molecule has 108 valence electrons. The number of hydrogen-bond acceptors (Lipinski definition) is 5. The summed E-state index contributed by atoms with van der Waals surface area (Å²) >= 11 is 0. The molecule has 2 rings (SSSR count). The van der Waals surface area contributed by atoms with Crippen LogP contribution in [0.25, 0.3) is 11.1 Å². The number of fused-ring (bicyclic) bond motifs is 1. The topological polar surface area (TPSA) is 95.6 Å². The molecule has 2 aromatic rings. The summed E-state index contributed by atoms with van der Waals surface area (Å²) < 4.78 is 5.44. The van der Waals surface area contributed by atoms with Crippen LogP contribution in [0.4, 0.5) is 6.01 Å². The summed E-state index contributed by atoms with van der Waals surface area (Å²) in [5, 5.41) is 21.9. The summed E-state index contributed by atoms with van der Waals surface area (Å²) in [6.07, 6.45) is 1.55. The molecule has 1 aromatic carbocycles. The fraction of sp³-hybridized carbons (Fsp3) is 0.429. The molecular weight excluding hydrogens is 260 g/mol. The quantitative estimate of drug-likeness (QED) is 0.751. The Morgan fingerprint density at radius 3 is 2.90 bits per heavy atom. The minimum atomic E-state index is -1.01. The van der Waals surface area contributed by atoms with Crippen LogP contribution in [0.3, 0.4) is 0 Å². The van der Waals surface area contributed by atoms with Crippen molar-refractivity contribution >= 4 is 23.1 Å². The minimum Gasteiger partial charge on any atom is -0.478 e. The summed E-state index contributed by atoms with van der Waals surface area (Å²) in [4.78, 5) is 15.1. The zero-order valence-electron chi connectivity index (χ0n) is 11.5. The largest absolute Gasteiger partial charge is 0.478 e. The first-order valence-electron chi connectivity index (χ1n) is 6.51. The van der Waals surface area contributed by atoms with Gasteiger partial charge in [-0.2, -0.15) is 4.98 Å². The first-order valence-corrected chi connectivity index (χ1v) is 6.51. The number of anilines is 1. The Morgan fingerprint density at radius 2 is 2.25 bits per heavy atom. The molecule has 0 saturated carbocycles. The summed E-state index contributed by atoms with van der Waals surface area (Å²) in [5.41, 5.74) is 0.301. The molecule has 0 radical (unpaired) electrons. The molecule has 0 fully saturated rings. The van der Waals surface area contributed by atoms with Crippen molar-refractivity contribution in [1.29, 1.82) is 0 Å². The standard InChI is InChI=1S/C14H18N2O4/c1-3-6-14(2,19)8-15-13-16-10-5-4-9(12(17)18)7-11(10)20-13/h4-5,7,19H,3,6,8H2,1-2H3,(H,15,16)(H,17,18). The lowest BCUT2D eigenvalue weighted by Gasteiger charge is -2.22. The molecule has 1 heterocycles. The lowest BCUT2D eigenvalue weighted by atomic mass is 10.0. The number of aromatic nitrogens is 1. The third-order valence-electron chi connectivity index (χ3n) is 3.04. The highest BCUT2D eigenvalue weighted by Gasteiger charge is 2.20.